The molecule has 0 aliphatic heterocycles. The second-order valence-corrected chi connectivity index (χ2v) is 6.45. The predicted molar refractivity (Wildman–Crippen MR) is 96.7 cm³/mol. The molecule has 1 heterocycles. The van der Waals surface area contributed by atoms with E-state index in [1.165, 1.54) is 5.38 Å². The lowest BCUT2D eigenvalue weighted by atomic mass is 10.1. The quantitative estimate of drug-likeness (QED) is 0.618. The topological polar surface area (TPSA) is 106 Å². The summed E-state index contributed by atoms with van der Waals surface area (Å²) in [6.07, 6.45) is 1.07. The van der Waals surface area contributed by atoms with Crippen molar-refractivity contribution in [3.05, 3.63) is 45.9 Å². The summed E-state index contributed by atoms with van der Waals surface area (Å²) < 4.78 is 5.46. The Labute approximate surface area is 155 Å². The summed E-state index contributed by atoms with van der Waals surface area (Å²) >= 11 is 1.16. The van der Waals surface area contributed by atoms with Crippen molar-refractivity contribution in [3.63, 3.8) is 0 Å². The number of thiazole rings is 1. The Morgan fingerprint density at radius 2 is 1.92 bits per heavy atom. The summed E-state index contributed by atoms with van der Waals surface area (Å²) in [4.78, 5) is 38.6. The number of carboxylic acid groups (broad SMARTS) is 1. The fourth-order valence-electron chi connectivity index (χ4n) is 2.08. The standard InChI is InChI=1S/C18H20N2O5S/c1-2-9-25-13-5-3-12(4-6-13)15(21)7-8-16(22)19-10-17-20-14(11-26-17)18(23)24/h3-6,11H,2,7-10H2,1H3,(H,19,22)(H,23,24). The fraction of sp³-hybridized carbons (Fsp3) is 0.333. The van der Waals surface area contributed by atoms with Gasteiger partial charge in [-0.25, -0.2) is 9.78 Å². The van der Waals surface area contributed by atoms with Crippen LogP contribution in [-0.4, -0.2) is 34.4 Å². The molecule has 26 heavy (non-hydrogen) atoms. The molecule has 2 rings (SSSR count). The van der Waals surface area contributed by atoms with Crippen LogP contribution in [0.3, 0.4) is 0 Å². The Bertz CT molecular complexity index is 770. The third kappa shape index (κ3) is 5.96. The van der Waals surface area contributed by atoms with Gasteiger partial charge in [0.15, 0.2) is 11.5 Å². The Balaban J connectivity index is 1.75. The van der Waals surface area contributed by atoms with Crippen LogP contribution in [0.2, 0.25) is 0 Å². The molecule has 0 radical (unpaired) electrons. The number of hydrogen-bond donors (Lipinski definition) is 2. The smallest absolute Gasteiger partial charge is 0.355 e. The summed E-state index contributed by atoms with van der Waals surface area (Å²) in [5, 5.41) is 13.4. The second-order valence-electron chi connectivity index (χ2n) is 5.50. The normalized spacial score (nSPS) is 10.3. The number of hydrogen-bond acceptors (Lipinski definition) is 6. The number of carboxylic acids is 1. The first-order valence-corrected chi connectivity index (χ1v) is 9.08. The molecule has 0 spiro atoms. The monoisotopic (exact) mass is 376 g/mol. The number of benzene rings is 1. The molecule has 0 atom stereocenters. The van der Waals surface area contributed by atoms with Crippen LogP contribution in [0.4, 0.5) is 0 Å². The third-order valence-corrected chi connectivity index (χ3v) is 4.28. The van der Waals surface area contributed by atoms with Crippen molar-refractivity contribution in [3.8, 4) is 5.75 Å². The Kier molecular flexibility index (Phi) is 7.28. The molecule has 1 aromatic heterocycles. The first kappa shape index (κ1) is 19.6. The number of rotatable bonds is 10. The highest BCUT2D eigenvalue weighted by atomic mass is 32.1. The number of aromatic carboxylic acids is 1. The number of nitrogens with one attached hydrogen (secondary N) is 1. The highest BCUT2D eigenvalue weighted by molar-refractivity contribution is 7.09. The van der Waals surface area contributed by atoms with Gasteiger partial charge in [-0.2, -0.15) is 0 Å². The Hall–Kier alpha value is -2.74. The van der Waals surface area contributed by atoms with E-state index in [1.807, 2.05) is 6.92 Å². The van der Waals surface area contributed by atoms with Gasteiger partial charge in [-0.15, -0.1) is 11.3 Å². The molecule has 1 aromatic carbocycles. The van der Waals surface area contributed by atoms with Gasteiger partial charge in [0.05, 0.1) is 13.2 Å². The minimum absolute atomic E-state index is 0.0409. The van der Waals surface area contributed by atoms with Gasteiger partial charge in [0.1, 0.15) is 10.8 Å². The lowest BCUT2D eigenvalue weighted by Gasteiger charge is -2.06. The lowest BCUT2D eigenvalue weighted by molar-refractivity contribution is -0.121. The third-order valence-electron chi connectivity index (χ3n) is 3.44. The van der Waals surface area contributed by atoms with Crippen LogP contribution >= 0.6 is 11.3 Å². The predicted octanol–water partition coefficient (Wildman–Crippen LogP) is 2.91. The summed E-state index contributed by atoms with van der Waals surface area (Å²) in [5.41, 5.74) is 0.494. The summed E-state index contributed by atoms with van der Waals surface area (Å²) in [7, 11) is 0. The summed E-state index contributed by atoms with van der Waals surface area (Å²) in [6, 6.07) is 6.86. The van der Waals surface area contributed by atoms with Crippen molar-refractivity contribution >= 4 is 29.0 Å². The zero-order valence-corrected chi connectivity index (χ0v) is 15.2. The molecule has 0 saturated heterocycles. The maximum Gasteiger partial charge on any atom is 0.355 e. The lowest BCUT2D eigenvalue weighted by Crippen LogP contribution is -2.23. The molecule has 138 valence electrons. The van der Waals surface area contributed by atoms with E-state index in [0.29, 0.717) is 22.9 Å². The number of nitrogens with zero attached hydrogens (tertiary/aromatic N) is 1. The van der Waals surface area contributed by atoms with Crippen LogP contribution in [0, 0.1) is 0 Å². The number of carbonyl (C=O) groups excluding carboxylic acids is 2. The second kappa shape index (κ2) is 9.67. The van der Waals surface area contributed by atoms with E-state index in [0.717, 1.165) is 17.8 Å². The molecule has 0 bridgehead atoms. The molecular weight excluding hydrogens is 356 g/mol. The summed E-state index contributed by atoms with van der Waals surface area (Å²) in [6.45, 7) is 2.79. The molecule has 0 aliphatic rings. The van der Waals surface area contributed by atoms with E-state index in [1.54, 1.807) is 24.3 Å². The maximum absolute atomic E-state index is 12.1. The molecular formula is C18H20N2O5S. The Morgan fingerprint density at radius 3 is 2.54 bits per heavy atom. The van der Waals surface area contributed by atoms with Gasteiger partial charge in [0.2, 0.25) is 5.91 Å². The average molecular weight is 376 g/mol. The zero-order chi connectivity index (χ0) is 18.9. The van der Waals surface area contributed by atoms with Gasteiger partial charge in [-0.1, -0.05) is 6.92 Å². The highest BCUT2D eigenvalue weighted by Gasteiger charge is 2.12. The molecule has 1 amide bonds. The van der Waals surface area contributed by atoms with Crippen LogP contribution in [-0.2, 0) is 11.3 Å². The molecule has 2 aromatic rings. The molecule has 8 heteroatoms. The van der Waals surface area contributed by atoms with Crippen molar-refractivity contribution in [2.24, 2.45) is 0 Å². The largest absolute Gasteiger partial charge is 0.494 e. The molecule has 2 N–H and O–H groups in total. The number of aromatic nitrogens is 1. The van der Waals surface area contributed by atoms with Gasteiger partial charge in [0.25, 0.3) is 0 Å². The first-order chi connectivity index (χ1) is 12.5. The van der Waals surface area contributed by atoms with Gasteiger partial charge >= 0.3 is 5.97 Å². The minimum Gasteiger partial charge on any atom is -0.494 e. The van der Waals surface area contributed by atoms with E-state index in [4.69, 9.17) is 9.84 Å². The van der Waals surface area contributed by atoms with E-state index in [9.17, 15) is 14.4 Å². The average Bonchev–Trinajstić information content (AvgIpc) is 3.12. The van der Waals surface area contributed by atoms with Gasteiger partial charge in [0, 0.05) is 23.8 Å². The molecule has 7 nitrogen and oxygen atoms in total. The molecule has 0 unspecified atom stereocenters. The van der Waals surface area contributed by atoms with E-state index in [2.05, 4.69) is 10.3 Å². The number of amides is 1. The van der Waals surface area contributed by atoms with E-state index in [-0.39, 0.29) is 36.8 Å². The van der Waals surface area contributed by atoms with Crippen LogP contribution in [0.25, 0.3) is 0 Å². The van der Waals surface area contributed by atoms with Crippen molar-refractivity contribution < 1.29 is 24.2 Å². The van der Waals surface area contributed by atoms with Crippen LogP contribution in [0.1, 0.15) is 52.0 Å². The van der Waals surface area contributed by atoms with Gasteiger partial charge in [-0.05, 0) is 30.7 Å². The van der Waals surface area contributed by atoms with Crippen LogP contribution in [0.15, 0.2) is 29.6 Å². The SMILES string of the molecule is CCCOc1ccc(C(=O)CCC(=O)NCc2nc(C(=O)O)cs2)cc1. The van der Waals surface area contributed by atoms with Crippen molar-refractivity contribution in [1.29, 1.82) is 0 Å². The number of Topliss-reactive ketones (excluding diaryl/α,β-unsaturated/α-hetero) is 1. The summed E-state index contributed by atoms with van der Waals surface area (Å²) in [5.74, 6) is -0.793. The van der Waals surface area contributed by atoms with Gasteiger partial charge in [-0.3, -0.25) is 9.59 Å². The van der Waals surface area contributed by atoms with Crippen molar-refractivity contribution in [2.45, 2.75) is 32.7 Å². The number of carbonyl (C=O) groups is 3. The van der Waals surface area contributed by atoms with Gasteiger partial charge < -0.3 is 15.2 Å². The van der Waals surface area contributed by atoms with Crippen molar-refractivity contribution in [1.82, 2.24) is 10.3 Å². The maximum atomic E-state index is 12.1. The van der Waals surface area contributed by atoms with Crippen molar-refractivity contribution in [2.75, 3.05) is 6.61 Å². The number of ether oxygens (including phenoxy) is 1. The zero-order valence-electron chi connectivity index (χ0n) is 14.4. The van der Waals surface area contributed by atoms with E-state index >= 15 is 0 Å². The minimum atomic E-state index is -1.10. The molecule has 0 saturated carbocycles. The molecule has 0 fully saturated rings. The van der Waals surface area contributed by atoms with Crippen LogP contribution < -0.4 is 10.1 Å². The van der Waals surface area contributed by atoms with Crippen LogP contribution in [0.5, 0.6) is 5.75 Å². The highest BCUT2D eigenvalue weighted by Crippen LogP contribution is 2.14. The van der Waals surface area contributed by atoms with E-state index < -0.39 is 5.97 Å². The first-order valence-electron chi connectivity index (χ1n) is 8.20. The fourth-order valence-corrected chi connectivity index (χ4v) is 2.79. The molecule has 0 aliphatic carbocycles. The Morgan fingerprint density at radius 1 is 1.19 bits per heavy atom. The number of ketones is 1.